The van der Waals surface area contributed by atoms with Crippen molar-refractivity contribution in [2.45, 2.75) is 11.8 Å². The van der Waals surface area contributed by atoms with Gasteiger partial charge in [0.2, 0.25) is 0 Å². The van der Waals surface area contributed by atoms with Crippen molar-refractivity contribution in [3.05, 3.63) is 54.6 Å². The number of hydrogen-bond donors (Lipinski definition) is 2. The quantitative estimate of drug-likeness (QED) is 0.808. The molecule has 4 heteroatoms. The summed E-state index contributed by atoms with van der Waals surface area (Å²) >= 11 is 1.71. The van der Waals surface area contributed by atoms with Crippen LogP contribution in [0.2, 0.25) is 0 Å². The van der Waals surface area contributed by atoms with Crippen LogP contribution in [0.5, 0.6) is 0 Å². The molecule has 19 heavy (non-hydrogen) atoms. The van der Waals surface area contributed by atoms with Crippen LogP contribution in [0.15, 0.2) is 59.5 Å². The Bertz CT molecular complexity index is 543. The molecule has 0 radical (unpaired) electrons. The first kappa shape index (κ1) is 13.5. The topological polar surface area (TPSA) is 41.1 Å². The summed E-state index contributed by atoms with van der Waals surface area (Å²) in [5.41, 5.74) is 1.61. The molecule has 0 bridgehead atoms. The van der Waals surface area contributed by atoms with Gasteiger partial charge in [-0.15, -0.1) is 11.8 Å². The van der Waals surface area contributed by atoms with E-state index in [4.69, 9.17) is 0 Å². The molecule has 0 aromatic heterocycles. The summed E-state index contributed by atoms with van der Waals surface area (Å²) in [5.74, 6) is 0.971. The Morgan fingerprint density at radius 3 is 2.42 bits per heavy atom. The summed E-state index contributed by atoms with van der Waals surface area (Å²) in [5, 5.41) is 5.67. The normalized spacial score (nSPS) is 9.95. The molecule has 0 aliphatic heterocycles. The molecule has 0 fully saturated rings. The summed E-state index contributed by atoms with van der Waals surface area (Å²) in [6, 6.07) is 17.0. The second kappa shape index (κ2) is 6.85. The highest BCUT2D eigenvalue weighted by atomic mass is 32.2. The molecule has 2 N–H and O–H groups in total. The summed E-state index contributed by atoms with van der Waals surface area (Å²) in [6.45, 7) is 2.09. The van der Waals surface area contributed by atoms with Crippen molar-refractivity contribution in [3.63, 3.8) is 0 Å². The SMILES string of the molecule is CCSc1ccccc1NC(=O)Nc1ccccc1. The molecule has 0 saturated heterocycles. The molecule has 0 heterocycles. The summed E-state index contributed by atoms with van der Waals surface area (Å²) in [6.07, 6.45) is 0. The van der Waals surface area contributed by atoms with Gasteiger partial charge in [0.25, 0.3) is 0 Å². The van der Waals surface area contributed by atoms with Crippen LogP contribution in [0.3, 0.4) is 0 Å². The molecule has 3 nitrogen and oxygen atoms in total. The first-order valence-electron chi connectivity index (χ1n) is 6.14. The highest BCUT2D eigenvalue weighted by Gasteiger charge is 2.06. The Labute approximate surface area is 117 Å². The molecule has 0 atom stereocenters. The fraction of sp³-hybridized carbons (Fsp3) is 0.133. The number of anilines is 2. The number of nitrogens with one attached hydrogen (secondary N) is 2. The molecule has 2 aromatic rings. The average molecular weight is 272 g/mol. The largest absolute Gasteiger partial charge is 0.323 e. The van der Waals surface area contributed by atoms with Gasteiger partial charge in [-0.3, -0.25) is 0 Å². The van der Waals surface area contributed by atoms with E-state index in [0.717, 1.165) is 22.0 Å². The van der Waals surface area contributed by atoms with Gasteiger partial charge in [0, 0.05) is 10.6 Å². The molecule has 98 valence electrons. The van der Waals surface area contributed by atoms with Crippen LogP contribution in [-0.2, 0) is 0 Å². The molecule has 0 aliphatic carbocycles. The number of carbonyl (C=O) groups is 1. The lowest BCUT2D eigenvalue weighted by molar-refractivity contribution is 0.262. The van der Waals surface area contributed by atoms with Crippen molar-refractivity contribution in [3.8, 4) is 0 Å². The number of thioether (sulfide) groups is 1. The van der Waals surface area contributed by atoms with Crippen LogP contribution >= 0.6 is 11.8 Å². The van der Waals surface area contributed by atoms with E-state index in [1.807, 2.05) is 54.6 Å². The van der Waals surface area contributed by atoms with Crippen LogP contribution in [0.25, 0.3) is 0 Å². The second-order valence-corrected chi connectivity index (χ2v) is 5.18. The third kappa shape index (κ3) is 4.03. The number of para-hydroxylation sites is 2. The number of urea groups is 1. The number of hydrogen-bond acceptors (Lipinski definition) is 2. The Hall–Kier alpha value is -1.94. The standard InChI is InChI=1S/C15H16N2OS/c1-2-19-14-11-7-6-10-13(14)17-15(18)16-12-8-4-3-5-9-12/h3-11H,2H2,1H3,(H2,16,17,18). The van der Waals surface area contributed by atoms with Crippen LogP contribution < -0.4 is 10.6 Å². The van der Waals surface area contributed by atoms with Crippen molar-refractivity contribution in [1.82, 2.24) is 0 Å². The molecule has 0 unspecified atom stereocenters. The van der Waals surface area contributed by atoms with E-state index in [1.165, 1.54) is 0 Å². The Morgan fingerprint density at radius 1 is 1.00 bits per heavy atom. The molecule has 2 rings (SSSR count). The average Bonchev–Trinajstić information content (AvgIpc) is 2.42. The smallest absolute Gasteiger partial charge is 0.308 e. The molecule has 0 spiro atoms. The molecule has 0 aliphatic rings. The monoisotopic (exact) mass is 272 g/mol. The third-order valence-corrected chi connectivity index (χ3v) is 3.42. The van der Waals surface area contributed by atoms with Crippen molar-refractivity contribution in [2.75, 3.05) is 16.4 Å². The van der Waals surface area contributed by atoms with E-state index in [0.29, 0.717) is 0 Å². The zero-order chi connectivity index (χ0) is 13.5. The fourth-order valence-electron chi connectivity index (χ4n) is 1.66. The third-order valence-electron chi connectivity index (χ3n) is 2.47. The minimum Gasteiger partial charge on any atom is -0.308 e. The maximum atomic E-state index is 11.9. The highest BCUT2D eigenvalue weighted by molar-refractivity contribution is 7.99. The van der Waals surface area contributed by atoms with E-state index in [9.17, 15) is 4.79 Å². The first-order chi connectivity index (χ1) is 9.29. The number of rotatable bonds is 4. The Morgan fingerprint density at radius 2 is 1.68 bits per heavy atom. The van der Waals surface area contributed by atoms with Gasteiger partial charge >= 0.3 is 6.03 Å². The van der Waals surface area contributed by atoms with Crippen LogP contribution in [0.4, 0.5) is 16.2 Å². The van der Waals surface area contributed by atoms with Gasteiger partial charge < -0.3 is 10.6 Å². The van der Waals surface area contributed by atoms with Gasteiger partial charge in [0.1, 0.15) is 0 Å². The van der Waals surface area contributed by atoms with Crippen molar-refractivity contribution < 1.29 is 4.79 Å². The maximum Gasteiger partial charge on any atom is 0.323 e. The summed E-state index contributed by atoms with van der Waals surface area (Å²) in [4.78, 5) is 13.0. The lowest BCUT2D eigenvalue weighted by atomic mass is 10.3. The lowest BCUT2D eigenvalue weighted by Gasteiger charge is -2.11. The Kier molecular flexibility index (Phi) is 4.86. The zero-order valence-corrected chi connectivity index (χ0v) is 11.5. The van der Waals surface area contributed by atoms with Gasteiger partial charge in [0.15, 0.2) is 0 Å². The zero-order valence-electron chi connectivity index (χ0n) is 10.7. The van der Waals surface area contributed by atoms with E-state index < -0.39 is 0 Å². The minimum atomic E-state index is -0.227. The van der Waals surface area contributed by atoms with Crippen LogP contribution in [0.1, 0.15) is 6.92 Å². The molecule has 2 amide bonds. The van der Waals surface area contributed by atoms with E-state index in [2.05, 4.69) is 17.6 Å². The second-order valence-electron chi connectivity index (χ2n) is 3.87. The van der Waals surface area contributed by atoms with E-state index in [-0.39, 0.29) is 6.03 Å². The summed E-state index contributed by atoms with van der Waals surface area (Å²) < 4.78 is 0. The van der Waals surface area contributed by atoms with Gasteiger partial charge in [-0.05, 0) is 30.0 Å². The van der Waals surface area contributed by atoms with Crippen LogP contribution in [0, 0.1) is 0 Å². The van der Waals surface area contributed by atoms with Crippen molar-refractivity contribution >= 4 is 29.2 Å². The fourth-order valence-corrected chi connectivity index (χ4v) is 2.42. The van der Waals surface area contributed by atoms with Gasteiger partial charge in [-0.2, -0.15) is 0 Å². The van der Waals surface area contributed by atoms with Crippen molar-refractivity contribution in [1.29, 1.82) is 0 Å². The Balaban J connectivity index is 2.03. The van der Waals surface area contributed by atoms with Crippen molar-refractivity contribution in [2.24, 2.45) is 0 Å². The van der Waals surface area contributed by atoms with Crippen LogP contribution in [-0.4, -0.2) is 11.8 Å². The first-order valence-corrected chi connectivity index (χ1v) is 7.13. The summed E-state index contributed by atoms with van der Waals surface area (Å²) in [7, 11) is 0. The number of carbonyl (C=O) groups excluding carboxylic acids is 1. The molecular formula is C15H16N2OS. The molecule has 0 saturated carbocycles. The van der Waals surface area contributed by atoms with Gasteiger partial charge in [-0.25, -0.2) is 4.79 Å². The number of amides is 2. The lowest BCUT2D eigenvalue weighted by Crippen LogP contribution is -2.19. The number of benzene rings is 2. The predicted molar refractivity (Wildman–Crippen MR) is 81.9 cm³/mol. The molecular weight excluding hydrogens is 256 g/mol. The molecule has 2 aromatic carbocycles. The highest BCUT2D eigenvalue weighted by Crippen LogP contribution is 2.26. The maximum absolute atomic E-state index is 11.9. The predicted octanol–water partition coefficient (Wildman–Crippen LogP) is 4.44. The van der Waals surface area contributed by atoms with Gasteiger partial charge in [0.05, 0.1) is 5.69 Å². The van der Waals surface area contributed by atoms with Gasteiger partial charge in [-0.1, -0.05) is 37.3 Å². The minimum absolute atomic E-state index is 0.227. The van der Waals surface area contributed by atoms with E-state index in [1.54, 1.807) is 11.8 Å². The van der Waals surface area contributed by atoms with E-state index >= 15 is 0 Å².